The van der Waals surface area contributed by atoms with Crippen LogP contribution in [0.25, 0.3) is 0 Å². The average molecular weight is 345 g/mol. The number of hydrogen-bond acceptors (Lipinski definition) is 5. The van der Waals surface area contributed by atoms with Crippen molar-refractivity contribution in [1.29, 1.82) is 0 Å². The van der Waals surface area contributed by atoms with Crippen LogP contribution in [0, 0.1) is 0 Å². The number of anilines is 1. The third kappa shape index (κ3) is 3.05. The van der Waals surface area contributed by atoms with Crippen molar-refractivity contribution in [2.45, 2.75) is 63.0 Å². The maximum Gasteiger partial charge on any atom is 0.240 e. The maximum absolute atomic E-state index is 13.0. The molecule has 0 saturated carbocycles. The molecule has 0 radical (unpaired) electrons. The molecule has 3 rings (SSSR count). The molecule has 1 aliphatic heterocycles. The summed E-state index contributed by atoms with van der Waals surface area (Å²) in [5.41, 5.74) is 2.04. The number of aromatic nitrogens is 4. The van der Waals surface area contributed by atoms with Gasteiger partial charge < -0.3 is 4.90 Å². The zero-order chi connectivity index (χ0) is 17.5. The van der Waals surface area contributed by atoms with Gasteiger partial charge in [-0.3, -0.25) is 4.79 Å². The van der Waals surface area contributed by atoms with Gasteiger partial charge in [0.1, 0.15) is 0 Å². The molecule has 1 amide bonds. The predicted octanol–water partition coefficient (Wildman–Crippen LogP) is 2.89. The van der Waals surface area contributed by atoms with Crippen molar-refractivity contribution >= 4 is 23.4 Å². The minimum Gasteiger partial charge on any atom is -0.308 e. The van der Waals surface area contributed by atoms with Crippen LogP contribution >= 0.6 is 11.8 Å². The van der Waals surface area contributed by atoms with Gasteiger partial charge in [-0.15, -0.1) is 5.10 Å². The molecule has 0 spiro atoms. The number of carbonyl (C=O) groups excluding carboxylic acids is 1. The lowest BCUT2D eigenvalue weighted by atomic mass is 10.1. The van der Waals surface area contributed by atoms with E-state index in [2.05, 4.69) is 28.5 Å². The van der Waals surface area contributed by atoms with Crippen LogP contribution in [0.4, 0.5) is 5.69 Å². The van der Waals surface area contributed by atoms with E-state index in [0.29, 0.717) is 5.16 Å². The summed E-state index contributed by atoms with van der Waals surface area (Å²) in [6, 6.07) is 8.30. The molecule has 1 aromatic heterocycles. The number of para-hydroxylation sites is 1. The highest BCUT2D eigenvalue weighted by molar-refractivity contribution is 8.00. The molecule has 0 saturated heterocycles. The lowest BCUT2D eigenvalue weighted by molar-refractivity contribution is -0.118. The first-order valence-corrected chi connectivity index (χ1v) is 9.03. The summed E-state index contributed by atoms with van der Waals surface area (Å²) >= 11 is 1.41. The second-order valence-corrected chi connectivity index (χ2v) is 8.50. The Hall–Kier alpha value is -1.89. The van der Waals surface area contributed by atoms with Crippen molar-refractivity contribution in [1.82, 2.24) is 20.2 Å². The van der Waals surface area contributed by atoms with Crippen LogP contribution in [0.5, 0.6) is 0 Å². The van der Waals surface area contributed by atoms with E-state index >= 15 is 0 Å². The molecule has 2 heterocycles. The fraction of sp³-hybridized carbons (Fsp3) is 0.529. The Balaban J connectivity index is 1.80. The molecule has 7 heteroatoms. The van der Waals surface area contributed by atoms with Gasteiger partial charge in [0.2, 0.25) is 11.1 Å². The minimum absolute atomic E-state index is 0.0981. The number of benzene rings is 1. The highest BCUT2D eigenvalue weighted by Gasteiger charge is 2.34. The van der Waals surface area contributed by atoms with Crippen LogP contribution in [-0.4, -0.2) is 37.4 Å². The summed E-state index contributed by atoms with van der Waals surface area (Å²) in [4.78, 5) is 14.9. The fourth-order valence-corrected chi connectivity index (χ4v) is 4.00. The number of thioether (sulfide) groups is 1. The Kier molecular flexibility index (Phi) is 4.38. The zero-order valence-corrected chi connectivity index (χ0v) is 15.5. The molecule has 1 aromatic carbocycles. The normalized spacial score (nSPS) is 18.5. The molecular weight excluding hydrogens is 322 g/mol. The van der Waals surface area contributed by atoms with E-state index in [1.54, 1.807) is 4.68 Å². The van der Waals surface area contributed by atoms with Gasteiger partial charge in [0.05, 0.1) is 10.8 Å². The predicted molar refractivity (Wildman–Crippen MR) is 95.2 cm³/mol. The van der Waals surface area contributed by atoms with Crippen LogP contribution in [0.1, 0.15) is 40.2 Å². The maximum atomic E-state index is 13.0. The molecule has 0 bridgehead atoms. The van der Waals surface area contributed by atoms with Crippen molar-refractivity contribution < 1.29 is 4.79 Å². The van der Waals surface area contributed by atoms with E-state index in [1.165, 1.54) is 17.3 Å². The first kappa shape index (κ1) is 17.0. The SMILES string of the molecule is CC(Sc1nnnn1C(C)(C)C)C(=O)N1c2ccccc2CC1C. The highest BCUT2D eigenvalue weighted by Crippen LogP contribution is 2.34. The second-order valence-electron chi connectivity index (χ2n) is 7.19. The number of nitrogens with zero attached hydrogens (tertiary/aromatic N) is 5. The fourth-order valence-electron chi connectivity index (χ4n) is 2.98. The van der Waals surface area contributed by atoms with Gasteiger partial charge >= 0.3 is 0 Å². The number of hydrogen-bond donors (Lipinski definition) is 0. The lowest BCUT2D eigenvalue weighted by Gasteiger charge is -2.26. The van der Waals surface area contributed by atoms with Gasteiger partial charge in [-0.05, 0) is 63.1 Å². The molecule has 2 aromatic rings. The average Bonchev–Trinajstić information content (AvgIpc) is 3.09. The van der Waals surface area contributed by atoms with Crippen LogP contribution in [0.2, 0.25) is 0 Å². The first-order valence-electron chi connectivity index (χ1n) is 8.15. The Morgan fingerprint density at radius 2 is 2.04 bits per heavy atom. The van der Waals surface area contributed by atoms with Crippen LogP contribution in [0.15, 0.2) is 29.4 Å². The number of tetrazole rings is 1. The van der Waals surface area contributed by atoms with Crippen molar-refractivity contribution in [2.24, 2.45) is 0 Å². The third-order valence-corrected chi connectivity index (χ3v) is 5.17. The molecule has 128 valence electrons. The molecule has 1 aliphatic rings. The highest BCUT2D eigenvalue weighted by atomic mass is 32.2. The van der Waals surface area contributed by atoms with E-state index in [9.17, 15) is 4.79 Å². The summed E-state index contributed by atoms with van der Waals surface area (Å²) in [6.45, 7) is 10.1. The van der Waals surface area contributed by atoms with Crippen molar-refractivity contribution in [3.8, 4) is 0 Å². The first-order chi connectivity index (χ1) is 11.3. The standard InChI is InChI=1S/C17H23N5OS/c1-11-10-13-8-6-7-9-14(13)21(11)15(23)12(2)24-16-18-19-20-22(16)17(3,4)5/h6-9,11-12H,10H2,1-5H3. The van der Waals surface area contributed by atoms with Gasteiger partial charge in [-0.2, -0.15) is 0 Å². The molecule has 2 unspecified atom stereocenters. The summed E-state index contributed by atoms with van der Waals surface area (Å²) in [6.07, 6.45) is 0.902. The Labute approximate surface area is 146 Å². The Morgan fingerprint density at radius 1 is 1.33 bits per heavy atom. The van der Waals surface area contributed by atoms with E-state index in [1.807, 2.05) is 50.8 Å². The van der Waals surface area contributed by atoms with Crippen LogP contribution in [-0.2, 0) is 16.8 Å². The van der Waals surface area contributed by atoms with E-state index < -0.39 is 0 Å². The Bertz CT molecular complexity index is 751. The number of fused-ring (bicyclic) bond motifs is 1. The van der Waals surface area contributed by atoms with Gasteiger partial charge in [-0.25, -0.2) is 4.68 Å². The van der Waals surface area contributed by atoms with Crippen LogP contribution in [0.3, 0.4) is 0 Å². The number of amides is 1. The summed E-state index contributed by atoms with van der Waals surface area (Å²) < 4.78 is 1.77. The largest absolute Gasteiger partial charge is 0.308 e. The van der Waals surface area contributed by atoms with E-state index in [4.69, 9.17) is 0 Å². The monoisotopic (exact) mass is 345 g/mol. The summed E-state index contributed by atoms with van der Waals surface area (Å²) in [5, 5.41) is 12.3. The molecule has 6 nitrogen and oxygen atoms in total. The van der Waals surface area contributed by atoms with Gasteiger partial charge in [-0.1, -0.05) is 30.0 Å². The minimum atomic E-state index is -0.259. The van der Waals surface area contributed by atoms with E-state index in [0.717, 1.165) is 12.1 Å². The lowest BCUT2D eigenvalue weighted by Crippen LogP contribution is -2.40. The molecule has 2 atom stereocenters. The topological polar surface area (TPSA) is 63.9 Å². The smallest absolute Gasteiger partial charge is 0.240 e. The zero-order valence-electron chi connectivity index (χ0n) is 14.7. The Morgan fingerprint density at radius 3 is 2.75 bits per heavy atom. The molecule has 0 fully saturated rings. The van der Waals surface area contributed by atoms with Crippen molar-refractivity contribution in [2.75, 3.05) is 4.90 Å². The second kappa shape index (κ2) is 6.20. The number of carbonyl (C=O) groups is 1. The van der Waals surface area contributed by atoms with Crippen molar-refractivity contribution in [3.05, 3.63) is 29.8 Å². The third-order valence-electron chi connectivity index (χ3n) is 4.15. The van der Waals surface area contributed by atoms with Crippen LogP contribution < -0.4 is 4.90 Å². The van der Waals surface area contributed by atoms with Gasteiger partial charge in [0.15, 0.2) is 0 Å². The quantitative estimate of drug-likeness (QED) is 0.801. The molecule has 0 N–H and O–H groups in total. The summed E-state index contributed by atoms with van der Waals surface area (Å²) in [5.74, 6) is 0.0981. The van der Waals surface area contributed by atoms with E-state index in [-0.39, 0.29) is 22.7 Å². The van der Waals surface area contributed by atoms with Gasteiger partial charge in [0.25, 0.3) is 0 Å². The molecule has 24 heavy (non-hydrogen) atoms. The number of rotatable bonds is 3. The van der Waals surface area contributed by atoms with Crippen molar-refractivity contribution in [3.63, 3.8) is 0 Å². The summed E-state index contributed by atoms with van der Waals surface area (Å²) in [7, 11) is 0. The van der Waals surface area contributed by atoms with Gasteiger partial charge in [0, 0.05) is 11.7 Å². The molecule has 0 aliphatic carbocycles. The molecular formula is C17H23N5OS.